The average Bonchev–Trinajstić information content (AvgIpc) is 2.38. The summed E-state index contributed by atoms with van der Waals surface area (Å²) in [5, 5.41) is 0.798. The van der Waals surface area contributed by atoms with Crippen LogP contribution in [0.3, 0.4) is 0 Å². The monoisotopic (exact) mass is 295 g/mol. The largest absolute Gasteiger partial charge is 0.494 e. The Kier molecular flexibility index (Phi) is 3.95. The number of aromatic nitrogens is 1. The SMILES string of the molecule is COc1cc(Cl)c(OC)c2c(=O)c(C(C)C)c(C)[nH]c12. The molecule has 1 aromatic heterocycles. The van der Waals surface area contributed by atoms with Crippen molar-refractivity contribution in [1.29, 1.82) is 0 Å². The number of aromatic amines is 1. The highest BCUT2D eigenvalue weighted by molar-refractivity contribution is 6.33. The summed E-state index contributed by atoms with van der Waals surface area (Å²) in [6.07, 6.45) is 0. The first-order valence-electron chi connectivity index (χ1n) is 6.39. The second kappa shape index (κ2) is 5.37. The van der Waals surface area contributed by atoms with Gasteiger partial charge in [0.05, 0.1) is 30.1 Å². The quantitative estimate of drug-likeness (QED) is 0.940. The van der Waals surface area contributed by atoms with E-state index in [0.29, 0.717) is 27.4 Å². The van der Waals surface area contributed by atoms with Gasteiger partial charge in [0.2, 0.25) is 0 Å². The summed E-state index contributed by atoms with van der Waals surface area (Å²) in [7, 11) is 3.04. The van der Waals surface area contributed by atoms with Crippen LogP contribution in [0, 0.1) is 6.92 Å². The lowest BCUT2D eigenvalue weighted by Gasteiger charge is -2.15. The Hall–Kier alpha value is -1.68. The van der Waals surface area contributed by atoms with Crippen LogP contribution in [0.4, 0.5) is 0 Å². The van der Waals surface area contributed by atoms with Crippen molar-refractivity contribution >= 4 is 22.5 Å². The van der Waals surface area contributed by atoms with Gasteiger partial charge in [0.25, 0.3) is 0 Å². The van der Waals surface area contributed by atoms with E-state index in [1.165, 1.54) is 7.11 Å². The molecule has 0 aliphatic carbocycles. The predicted molar refractivity (Wildman–Crippen MR) is 81.5 cm³/mol. The fourth-order valence-corrected chi connectivity index (χ4v) is 2.84. The summed E-state index contributed by atoms with van der Waals surface area (Å²) in [6.45, 7) is 5.85. The van der Waals surface area contributed by atoms with Gasteiger partial charge in [-0.15, -0.1) is 0 Å². The third kappa shape index (κ3) is 2.14. The Balaban J connectivity index is 3.06. The molecule has 2 aromatic rings. The molecule has 5 heteroatoms. The summed E-state index contributed by atoms with van der Waals surface area (Å²) < 4.78 is 10.6. The Morgan fingerprint density at radius 1 is 1.25 bits per heavy atom. The van der Waals surface area contributed by atoms with Gasteiger partial charge in [-0.05, 0) is 12.8 Å². The van der Waals surface area contributed by atoms with E-state index in [2.05, 4.69) is 4.98 Å². The van der Waals surface area contributed by atoms with Gasteiger partial charge in [0, 0.05) is 17.3 Å². The molecule has 0 amide bonds. The van der Waals surface area contributed by atoms with E-state index < -0.39 is 0 Å². The molecule has 4 nitrogen and oxygen atoms in total. The zero-order valence-electron chi connectivity index (χ0n) is 12.3. The molecule has 1 N–H and O–H groups in total. The molecule has 108 valence electrons. The van der Waals surface area contributed by atoms with Crippen molar-refractivity contribution < 1.29 is 9.47 Å². The zero-order valence-corrected chi connectivity index (χ0v) is 13.0. The number of fused-ring (bicyclic) bond motifs is 1. The van der Waals surface area contributed by atoms with Gasteiger partial charge in [0.15, 0.2) is 11.2 Å². The number of aryl methyl sites for hydroxylation is 1. The second-order valence-corrected chi connectivity index (χ2v) is 5.40. The van der Waals surface area contributed by atoms with Gasteiger partial charge in [0.1, 0.15) is 5.75 Å². The molecule has 0 saturated carbocycles. The first-order valence-corrected chi connectivity index (χ1v) is 6.77. The second-order valence-electron chi connectivity index (χ2n) is 4.99. The lowest BCUT2D eigenvalue weighted by Crippen LogP contribution is -2.16. The number of hydrogen-bond acceptors (Lipinski definition) is 3. The van der Waals surface area contributed by atoms with E-state index in [1.807, 2.05) is 20.8 Å². The molecule has 0 saturated heterocycles. The Labute approximate surface area is 122 Å². The highest BCUT2D eigenvalue weighted by Gasteiger charge is 2.20. The van der Waals surface area contributed by atoms with E-state index in [4.69, 9.17) is 21.1 Å². The van der Waals surface area contributed by atoms with Crippen LogP contribution < -0.4 is 14.9 Å². The number of hydrogen-bond donors (Lipinski definition) is 1. The van der Waals surface area contributed by atoms with Crippen molar-refractivity contribution in [3.05, 3.63) is 32.6 Å². The van der Waals surface area contributed by atoms with Gasteiger partial charge < -0.3 is 14.5 Å². The fourth-order valence-electron chi connectivity index (χ4n) is 2.57. The highest BCUT2D eigenvalue weighted by atomic mass is 35.5. The van der Waals surface area contributed by atoms with Gasteiger partial charge in [-0.25, -0.2) is 0 Å². The summed E-state index contributed by atoms with van der Waals surface area (Å²) in [5.74, 6) is 1.02. The van der Waals surface area contributed by atoms with Crippen molar-refractivity contribution in [1.82, 2.24) is 4.98 Å². The first-order chi connectivity index (χ1) is 9.42. The molecule has 0 radical (unpaired) electrons. The van der Waals surface area contributed by atoms with Crippen molar-refractivity contribution in [2.75, 3.05) is 14.2 Å². The third-order valence-corrected chi connectivity index (χ3v) is 3.67. The summed E-state index contributed by atoms with van der Waals surface area (Å²) >= 11 is 6.17. The number of pyridine rings is 1. The van der Waals surface area contributed by atoms with Gasteiger partial charge in [-0.2, -0.15) is 0 Å². The molecule has 0 fully saturated rings. The molecular weight excluding hydrogens is 278 g/mol. The molecule has 20 heavy (non-hydrogen) atoms. The fraction of sp³-hybridized carbons (Fsp3) is 0.400. The van der Waals surface area contributed by atoms with Crippen LogP contribution in [0.2, 0.25) is 5.02 Å². The molecule has 0 bridgehead atoms. The van der Waals surface area contributed by atoms with E-state index in [-0.39, 0.29) is 11.3 Å². The van der Waals surface area contributed by atoms with Crippen LogP contribution in [0.1, 0.15) is 31.0 Å². The summed E-state index contributed by atoms with van der Waals surface area (Å²) in [4.78, 5) is 16.0. The number of H-pyrrole nitrogens is 1. The smallest absolute Gasteiger partial charge is 0.197 e. The first kappa shape index (κ1) is 14.7. The van der Waals surface area contributed by atoms with E-state index in [1.54, 1.807) is 13.2 Å². The summed E-state index contributed by atoms with van der Waals surface area (Å²) in [6, 6.07) is 1.65. The number of rotatable bonds is 3. The predicted octanol–water partition coefficient (Wildman–Crippen LogP) is 3.63. The van der Waals surface area contributed by atoms with Crippen molar-refractivity contribution in [2.24, 2.45) is 0 Å². The lowest BCUT2D eigenvalue weighted by atomic mass is 9.98. The Bertz CT molecular complexity index is 719. The van der Waals surface area contributed by atoms with Crippen LogP contribution in [0.5, 0.6) is 11.5 Å². The minimum Gasteiger partial charge on any atom is -0.494 e. The zero-order chi connectivity index (χ0) is 15.0. The standard InChI is InChI=1S/C15H18ClNO3/c1-7(2)11-8(3)17-13-10(19-4)6-9(16)15(20-5)12(13)14(11)18/h6-7H,1-5H3,(H,17,18). The topological polar surface area (TPSA) is 51.3 Å². The Morgan fingerprint density at radius 2 is 1.90 bits per heavy atom. The maximum absolute atomic E-state index is 12.8. The van der Waals surface area contributed by atoms with E-state index >= 15 is 0 Å². The lowest BCUT2D eigenvalue weighted by molar-refractivity contribution is 0.409. The van der Waals surface area contributed by atoms with E-state index in [9.17, 15) is 4.79 Å². The van der Waals surface area contributed by atoms with Gasteiger partial charge in [-0.1, -0.05) is 25.4 Å². The summed E-state index contributed by atoms with van der Waals surface area (Å²) in [5.41, 5.74) is 2.12. The van der Waals surface area contributed by atoms with Crippen LogP contribution >= 0.6 is 11.6 Å². The van der Waals surface area contributed by atoms with Crippen LogP contribution in [0.15, 0.2) is 10.9 Å². The number of benzene rings is 1. The third-order valence-electron chi connectivity index (χ3n) is 3.39. The van der Waals surface area contributed by atoms with Crippen LogP contribution in [-0.2, 0) is 0 Å². The molecule has 1 heterocycles. The minimum absolute atomic E-state index is 0.0658. The molecule has 1 aromatic carbocycles. The number of ether oxygens (including phenoxy) is 2. The molecule has 0 aliphatic rings. The maximum atomic E-state index is 12.8. The molecule has 0 unspecified atom stereocenters. The van der Waals surface area contributed by atoms with E-state index in [0.717, 1.165) is 11.3 Å². The molecule has 0 aliphatic heterocycles. The van der Waals surface area contributed by atoms with Gasteiger partial charge in [-0.3, -0.25) is 4.79 Å². The molecule has 0 spiro atoms. The average molecular weight is 296 g/mol. The van der Waals surface area contributed by atoms with Crippen molar-refractivity contribution in [3.63, 3.8) is 0 Å². The van der Waals surface area contributed by atoms with Crippen LogP contribution in [-0.4, -0.2) is 19.2 Å². The molecule has 0 atom stereocenters. The normalized spacial score (nSPS) is 11.2. The molecular formula is C15H18ClNO3. The molecule has 2 rings (SSSR count). The Morgan fingerprint density at radius 3 is 2.40 bits per heavy atom. The maximum Gasteiger partial charge on any atom is 0.197 e. The van der Waals surface area contributed by atoms with Crippen molar-refractivity contribution in [3.8, 4) is 11.5 Å². The van der Waals surface area contributed by atoms with Crippen LogP contribution in [0.25, 0.3) is 10.9 Å². The number of nitrogens with one attached hydrogen (secondary N) is 1. The highest BCUT2D eigenvalue weighted by Crippen LogP contribution is 2.37. The number of methoxy groups -OCH3 is 2. The van der Waals surface area contributed by atoms with Crippen molar-refractivity contribution in [2.45, 2.75) is 26.7 Å². The minimum atomic E-state index is -0.0658. The number of halogens is 1. The van der Waals surface area contributed by atoms with Gasteiger partial charge >= 0.3 is 0 Å².